The third kappa shape index (κ3) is 2.77. The smallest absolute Gasteiger partial charge is 0.306 e. The normalized spacial score (nSPS) is 11.4. The molecule has 2 aromatic heterocycles. The van der Waals surface area contributed by atoms with Crippen LogP contribution in [0.2, 0.25) is 0 Å². The van der Waals surface area contributed by atoms with Gasteiger partial charge in [-0.3, -0.25) is 4.79 Å². The summed E-state index contributed by atoms with van der Waals surface area (Å²) in [7, 11) is 0. The van der Waals surface area contributed by atoms with Crippen LogP contribution in [0.4, 0.5) is 0 Å². The molecule has 0 fully saturated rings. The van der Waals surface area contributed by atoms with E-state index in [1.165, 1.54) is 22.1 Å². The zero-order valence-electron chi connectivity index (χ0n) is 15.0. The van der Waals surface area contributed by atoms with Crippen LogP contribution < -0.4 is 0 Å². The van der Waals surface area contributed by atoms with E-state index in [4.69, 9.17) is 9.72 Å². The van der Waals surface area contributed by atoms with Gasteiger partial charge >= 0.3 is 5.97 Å². The Bertz CT molecular complexity index is 938. The lowest BCUT2D eigenvalue weighted by atomic mass is 9.97. The summed E-state index contributed by atoms with van der Waals surface area (Å²) in [4.78, 5) is 19.9. The predicted octanol–water partition coefficient (Wildman–Crippen LogP) is 4.45. The van der Waals surface area contributed by atoms with E-state index in [0.717, 1.165) is 27.8 Å². The molecule has 24 heavy (non-hydrogen) atoms. The highest BCUT2D eigenvalue weighted by atomic mass is 16.5. The van der Waals surface area contributed by atoms with Gasteiger partial charge in [-0.05, 0) is 75.4 Å². The van der Waals surface area contributed by atoms with Crippen LogP contribution in [0.3, 0.4) is 0 Å². The Morgan fingerprint density at radius 3 is 2.58 bits per heavy atom. The van der Waals surface area contributed by atoms with Gasteiger partial charge in [0.15, 0.2) is 0 Å². The molecule has 0 amide bonds. The van der Waals surface area contributed by atoms with Gasteiger partial charge in [0.2, 0.25) is 0 Å². The van der Waals surface area contributed by atoms with Gasteiger partial charge in [0, 0.05) is 28.4 Å². The van der Waals surface area contributed by atoms with Gasteiger partial charge in [-0.1, -0.05) is 0 Å². The molecule has 0 aliphatic heterocycles. The van der Waals surface area contributed by atoms with Crippen molar-refractivity contribution in [1.29, 1.82) is 0 Å². The molecule has 0 saturated heterocycles. The standard InChI is InChI=1S/C20H24N2O2/c1-6-24-18(23)8-7-15-13(4)19-16-9-11(2)12(3)10-17(16)22-20(19)21-14(15)5/h9-10H,6-8H2,1-5H3,(H,21,22). The molecule has 1 aromatic carbocycles. The number of aromatic amines is 1. The van der Waals surface area contributed by atoms with Crippen LogP contribution in [0.1, 0.15) is 41.3 Å². The van der Waals surface area contributed by atoms with E-state index < -0.39 is 0 Å². The Morgan fingerprint density at radius 2 is 1.88 bits per heavy atom. The van der Waals surface area contributed by atoms with Crippen LogP contribution in [0.25, 0.3) is 21.9 Å². The molecule has 3 aromatic rings. The maximum atomic E-state index is 11.7. The highest BCUT2D eigenvalue weighted by Gasteiger charge is 2.16. The zero-order chi connectivity index (χ0) is 17.4. The van der Waals surface area contributed by atoms with Gasteiger partial charge in [-0.2, -0.15) is 0 Å². The maximum Gasteiger partial charge on any atom is 0.306 e. The topological polar surface area (TPSA) is 55.0 Å². The first-order valence-electron chi connectivity index (χ1n) is 8.46. The van der Waals surface area contributed by atoms with E-state index in [-0.39, 0.29) is 5.97 Å². The van der Waals surface area contributed by atoms with Crippen molar-refractivity contribution >= 4 is 27.9 Å². The number of rotatable bonds is 4. The molecule has 0 aliphatic rings. The average Bonchev–Trinajstić information content (AvgIpc) is 2.84. The molecule has 1 N–H and O–H groups in total. The van der Waals surface area contributed by atoms with Crippen molar-refractivity contribution < 1.29 is 9.53 Å². The number of ether oxygens (including phenoxy) is 1. The second-order valence-corrected chi connectivity index (χ2v) is 6.44. The molecule has 0 aliphatic carbocycles. The summed E-state index contributed by atoms with van der Waals surface area (Å²) >= 11 is 0. The number of H-pyrrole nitrogens is 1. The van der Waals surface area contributed by atoms with Crippen LogP contribution in [-0.4, -0.2) is 22.5 Å². The minimum absolute atomic E-state index is 0.151. The van der Waals surface area contributed by atoms with Crippen molar-refractivity contribution in [3.05, 3.63) is 40.1 Å². The number of esters is 1. The summed E-state index contributed by atoms with van der Waals surface area (Å²) in [6.45, 7) is 10.6. The lowest BCUT2D eigenvalue weighted by molar-refractivity contribution is -0.143. The van der Waals surface area contributed by atoms with E-state index >= 15 is 0 Å². The average molecular weight is 324 g/mol. The fourth-order valence-electron chi connectivity index (χ4n) is 3.39. The second kappa shape index (κ2) is 6.27. The van der Waals surface area contributed by atoms with E-state index in [1.54, 1.807) is 0 Å². The monoisotopic (exact) mass is 324 g/mol. The molecule has 4 nitrogen and oxygen atoms in total. The number of hydrogen-bond donors (Lipinski definition) is 1. The lowest BCUT2D eigenvalue weighted by Gasteiger charge is -2.10. The Hall–Kier alpha value is -2.36. The third-order valence-corrected chi connectivity index (χ3v) is 4.82. The number of carbonyl (C=O) groups is 1. The highest BCUT2D eigenvalue weighted by Crippen LogP contribution is 2.32. The van der Waals surface area contributed by atoms with Crippen molar-refractivity contribution in [3.8, 4) is 0 Å². The van der Waals surface area contributed by atoms with Crippen molar-refractivity contribution in [2.75, 3.05) is 6.61 Å². The number of aromatic nitrogens is 2. The molecular formula is C20H24N2O2. The Kier molecular flexibility index (Phi) is 4.31. The van der Waals surface area contributed by atoms with Crippen LogP contribution in [0, 0.1) is 27.7 Å². The molecule has 0 atom stereocenters. The second-order valence-electron chi connectivity index (χ2n) is 6.44. The van der Waals surface area contributed by atoms with Crippen LogP contribution in [-0.2, 0) is 16.0 Å². The first-order valence-corrected chi connectivity index (χ1v) is 8.46. The third-order valence-electron chi connectivity index (χ3n) is 4.82. The first kappa shape index (κ1) is 16.5. The van der Waals surface area contributed by atoms with Gasteiger partial charge in [0.05, 0.1) is 6.61 Å². The SMILES string of the molecule is CCOC(=O)CCc1c(C)nc2[nH]c3cc(C)c(C)cc3c2c1C. The Morgan fingerprint density at radius 1 is 1.17 bits per heavy atom. The molecule has 0 unspecified atom stereocenters. The van der Waals surface area contributed by atoms with Crippen LogP contribution >= 0.6 is 0 Å². The fourth-order valence-corrected chi connectivity index (χ4v) is 3.39. The number of fused-ring (bicyclic) bond motifs is 3. The van der Waals surface area contributed by atoms with Gasteiger partial charge in [-0.25, -0.2) is 4.98 Å². The van der Waals surface area contributed by atoms with Gasteiger partial charge in [-0.15, -0.1) is 0 Å². The number of nitrogens with one attached hydrogen (secondary N) is 1. The van der Waals surface area contributed by atoms with Gasteiger partial charge in [0.25, 0.3) is 0 Å². The summed E-state index contributed by atoms with van der Waals surface area (Å²) in [5.74, 6) is -0.151. The molecule has 0 radical (unpaired) electrons. The zero-order valence-corrected chi connectivity index (χ0v) is 15.0. The molecule has 0 spiro atoms. The van der Waals surface area contributed by atoms with Crippen molar-refractivity contribution in [2.45, 2.75) is 47.5 Å². The molecule has 4 heteroatoms. The van der Waals surface area contributed by atoms with Crippen molar-refractivity contribution in [2.24, 2.45) is 0 Å². The number of carbonyl (C=O) groups excluding carboxylic acids is 1. The van der Waals surface area contributed by atoms with E-state index in [9.17, 15) is 4.79 Å². The van der Waals surface area contributed by atoms with Crippen LogP contribution in [0.15, 0.2) is 12.1 Å². The highest BCUT2D eigenvalue weighted by molar-refractivity contribution is 6.08. The Balaban J connectivity index is 2.12. The summed E-state index contributed by atoms with van der Waals surface area (Å²) < 4.78 is 5.05. The fraction of sp³-hybridized carbons (Fsp3) is 0.400. The maximum absolute atomic E-state index is 11.7. The first-order chi connectivity index (χ1) is 11.4. The molecule has 0 bridgehead atoms. The van der Waals surface area contributed by atoms with Crippen molar-refractivity contribution in [3.63, 3.8) is 0 Å². The Labute approximate surface area is 142 Å². The predicted molar refractivity (Wildman–Crippen MR) is 97.5 cm³/mol. The summed E-state index contributed by atoms with van der Waals surface area (Å²) in [5, 5.41) is 2.37. The number of nitrogens with zero attached hydrogens (tertiary/aromatic N) is 1. The molecule has 0 saturated carbocycles. The largest absolute Gasteiger partial charge is 0.466 e. The summed E-state index contributed by atoms with van der Waals surface area (Å²) in [6.07, 6.45) is 1.06. The van der Waals surface area contributed by atoms with E-state index in [1.807, 2.05) is 13.8 Å². The van der Waals surface area contributed by atoms with Gasteiger partial charge in [0.1, 0.15) is 5.65 Å². The lowest BCUT2D eigenvalue weighted by Crippen LogP contribution is -2.07. The molecule has 3 rings (SSSR count). The van der Waals surface area contributed by atoms with E-state index in [2.05, 4.69) is 37.9 Å². The molecule has 2 heterocycles. The van der Waals surface area contributed by atoms with Gasteiger partial charge < -0.3 is 9.72 Å². The summed E-state index contributed by atoms with van der Waals surface area (Å²) in [5.41, 5.74) is 7.91. The number of pyridine rings is 1. The minimum Gasteiger partial charge on any atom is -0.466 e. The minimum atomic E-state index is -0.151. The molecular weight excluding hydrogens is 300 g/mol. The van der Waals surface area contributed by atoms with Crippen LogP contribution in [0.5, 0.6) is 0 Å². The number of aryl methyl sites for hydroxylation is 4. The van der Waals surface area contributed by atoms with Crippen molar-refractivity contribution in [1.82, 2.24) is 9.97 Å². The number of hydrogen-bond acceptors (Lipinski definition) is 3. The summed E-state index contributed by atoms with van der Waals surface area (Å²) in [6, 6.07) is 4.40. The quantitative estimate of drug-likeness (QED) is 0.722. The van der Waals surface area contributed by atoms with E-state index in [0.29, 0.717) is 19.4 Å². The number of benzene rings is 1. The molecule has 126 valence electrons.